The maximum Gasteiger partial charge on any atom is 0.250 e. The first kappa shape index (κ1) is 18.5. The Kier molecular flexibility index (Phi) is 5.27. The molecule has 2 N–H and O–H groups in total. The fraction of sp³-hybridized carbons (Fsp3) is 0.0952. The minimum Gasteiger partial charge on any atom is -0.507 e. The molecule has 5 nitrogen and oxygen atoms in total. The number of phenols is 1. The molecule has 4 rings (SSSR count). The number of rotatable bonds is 5. The second-order valence-corrected chi connectivity index (χ2v) is 8.40. The van der Waals surface area contributed by atoms with Crippen molar-refractivity contribution in [1.82, 2.24) is 10.4 Å². The van der Waals surface area contributed by atoms with E-state index in [-0.39, 0.29) is 17.4 Å². The fourth-order valence-electron chi connectivity index (χ4n) is 2.91. The number of benzene rings is 3. The molecule has 1 amide bonds. The summed E-state index contributed by atoms with van der Waals surface area (Å²) in [7, 11) is 0. The zero-order chi connectivity index (χ0) is 19.5. The molecular weight excluding hydrogens is 390 g/mol. The van der Waals surface area contributed by atoms with Crippen molar-refractivity contribution in [2.75, 3.05) is 5.75 Å². The minimum absolute atomic E-state index is 0.137. The van der Waals surface area contributed by atoms with Crippen molar-refractivity contribution in [1.29, 1.82) is 0 Å². The maximum atomic E-state index is 12.2. The molecule has 0 aliphatic carbocycles. The highest BCUT2D eigenvalue weighted by Gasteiger charge is 2.11. The third-order valence-electron chi connectivity index (χ3n) is 4.22. The van der Waals surface area contributed by atoms with E-state index in [0.29, 0.717) is 11.3 Å². The molecule has 0 radical (unpaired) electrons. The van der Waals surface area contributed by atoms with Crippen LogP contribution in [0.3, 0.4) is 0 Å². The van der Waals surface area contributed by atoms with Gasteiger partial charge in [0, 0.05) is 5.56 Å². The summed E-state index contributed by atoms with van der Waals surface area (Å²) in [5.41, 5.74) is 4.68. The van der Waals surface area contributed by atoms with Crippen LogP contribution in [0.25, 0.3) is 21.0 Å². The van der Waals surface area contributed by atoms with Crippen molar-refractivity contribution in [3.05, 3.63) is 66.2 Å². The van der Waals surface area contributed by atoms with Gasteiger partial charge in [-0.05, 0) is 35.9 Å². The van der Waals surface area contributed by atoms with E-state index < -0.39 is 0 Å². The van der Waals surface area contributed by atoms with Gasteiger partial charge in [-0.1, -0.05) is 54.2 Å². The Morgan fingerprint density at radius 1 is 1.14 bits per heavy atom. The van der Waals surface area contributed by atoms with Crippen LogP contribution in [0.15, 0.2) is 70.1 Å². The van der Waals surface area contributed by atoms with Gasteiger partial charge in [0.05, 0.1) is 21.7 Å². The summed E-state index contributed by atoms with van der Waals surface area (Å²) in [6.45, 7) is 1.77. The standard InChI is InChI=1S/C21H17N3O2S2/c1-13(20-15-7-3-2-6-14(15)10-11-17(20)25)23-24-19(26)12-27-21-22-16-8-4-5-9-18(16)28-21/h2-11,25H,12H2,1H3,(H,24,26)/b23-13+. The molecule has 0 aliphatic rings. The van der Waals surface area contributed by atoms with Crippen molar-refractivity contribution in [3.8, 4) is 5.75 Å². The highest BCUT2D eigenvalue weighted by molar-refractivity contribution is 8.01. The average molecular weight is 408 g/mol. The summed E-state index contributed by atoms with van der Waals surface area (Å²) < 4.78 is 1.95. The number of para-hydroxylation sites is 1. The number of fused-ring (bicyclic) bond motifs is 2. The Morgan fingerprint density at radius 3 is 2.79 bits per heavy atom. The number of nitrogens with one attached hydrogen (secondary N) is 1. The third-order valence-corrected chi connectivity index (χ3v) is 6.40. The quantitative estimate of drug-likeness (QED) is 0.283. The predicted octanol–water partition coefficient (Wildman–Crippen LogP) is 4.79. The highest BCUT2D eigenvalue weighted by atomic mass is 32.2. The fourth-order valence-corrected chi connectivity index (χ4v) is 4.78. The van der Waals surface area contributed by atoms with Crippen LogP contribution in [0, 0.1) is 0 Å². The Morgan fingerprint density at radius 2 is 1.93 bits per heavy atom. The number of hydrazone groups is 1. The number of carbonyl (C=O) groups excluding carboxylic acids is 1. The lowest BCUT2D eigenvalue weighted by Gasteiger charge is -2.09. The number of aromatic nitrogens is 1. The molecule has 0 atom stereocenters. The molecule has 0 spiro atoms. The lowest BCUT2D eigenvalue weighted by molar-refractivity contribution is -0.118. The summed E-state index contributed by atoms with van der Waals surface area (Å²) in [6.07, 6.45) is 0. The van der Waals surface area contributed by atoms with Crippen molar-refractivity contribution < 1.29 is 9.90 Å². The van der Waals surface area contributed by atoms with Crippen molar-refractivity contribution in [2.45, 2.75) is 11.3 Å². The zero-order valence-electron chi connectivity index (χ0n) is 15.0. The number of carbonyl (C=O) groups is 1. The van der Waals surface area contributed by atoms with E-state index in [1.165, 1.54) is 11.8 Å². The molecule has 7 heteroatoms. The largest absolute Gasteiger partial charge is 0.507 e. The average Bonchev–Trinajstić information content (AvgIpc) is 3.13. The minimum atomic E-state index is -0.219. The van der Waals surface area contributed by atoms with Gasteiger partial charge in [0.2, 0.25) is 0 Å². The molecule has 0 aliphatic heterocycles. The highest BCUT2D eigenvalue weighted by Crippen LogP contribution is 2.29. The van der Waals surface area contributed by atoms with Gasteiger partial charge >= 0.3 is 0 Å². The Bertz CT molecular complexity index is 1170. The first-order valence-electron chi connectivity index (χ1n) is 8.64. The Hall–Kier alpha value is -2.90. The van der Waals surface area contributed by atoms with Crippen molar-refractivity contribution in [3.63, 3.8) is 0 Å². The molecule has 4 aromatic rings. The molecule has 1 heterocycles. The van der Waals surface area contributed by atoms with Crippen LogP contribution in [0.2, 0.25) is 0 Å². The number of hydrogen-bond donors (Lipinski definition) is 2. The lowest BCUT2D eigenvalue weighted by atomic mass is 10.0. The molecule has 0 unspecified atom stereocenters. The molecule has 0 saturated carbocycles. The smallest absolute Gasteiger partial charge is 0.250 e. The third kappa shape index (κ3) is 3.85. The van der Waals surface area contributed by atoms with Gasteiger partial charge in [0.15, 0.2) is 4.34 Å². The molecule has 1 aromatic heterocycles. The number of nitrogens with zero attached hydrogens (tertiary/aromatic N) is 2. The van der Waals surface area contributed by atoms with Gasteiger partial charge in [-0.15, -0.1) is 11.3 Å². The summed E-state index contributed by atoms with van der Waals surface area (Å²) in [5.74, 6) is 0.138. The lowest BCUT2D eigenvalue weighted by Crippen LogP contribution is -2.21. The van der Waals surface area contributed by atoms with Gasteiger partial charge in [-0.3, -0.25) is 4.79 Å². The number of phenolic OH excluding ortho intramolecular Hbond substituents is 1. The van der Waals surface area contributed by atoms with Crippen LogP contribution in [-0.2, 0) is 4.79 Å². The molecule has 3 aromatic carbocycles. The van der Waals surface area contributed by atoms with Crippen LogP contribution >= 0.6 is 23.1 Å². The zero-order valence-corrected chi connectivity index (χ0v) is 16.7. The van der Waals surface area contributed by atoms with Crippen molar-refractivity contribution in [2.24, 2.45) is 5.10 Å². The molecule has 0 fully saturated rings. The van der Waals surface area contributed by atoms with E-state index in [4.69, 9.17) is 0 Å². The summed E-state index contributed by atoms with van der Waals surface area (Å²) in [5, 5.41) is 16.3. The molecular formula is C21H17N3O2S2. The van der Waals surface area contributed by atoms with Gasteiger partial charge in [0.25, 0.3) is 5.91 Å². The predicted molar refractivity (Wildman–Crippen MR) is 116 cm³/mol. The van der Waals surface area contributed by atoms with Gasteiger partial charge in [-0.25, -0.2) is 10.4 Å². The SMILES string of the molecule is C/C(=N\NC(=O)CSc1nc2ccccc2s1)c1c(O)ccc2ccccc12. The molecule has 140 valence electrons. The van der Waals surface area contributed by atoms with Crippen LogP contribution in [0.1, 0.15) is 12.5 Å². The second-order valence-electron chi connectivity index (χ2n) is 6.15. The summed E-state index contributed by atoms with van der Waals surface area (Å²) in [4.78, 5) is 16.7. The van der Waals surface area contributed by atoms with E-state index in [0.717, 1.165) is 25.3 Å². The second kappa shape index (κ2) is 8.00. The number of thioether (sulfide) groups is 1. The first-order valence-corrected chi connectivity index (χ1v) is 10.4. The van der Waals surface area contributed by atoms with E-state index in [9.17, 15) is 9.90 Å². The van der Waals surface area contributed by atoms with Crippen LogP contribution < -0.4 is 5.43 Å². The van der Waals surface area contributed by atoms with Crippen molar-refractivity contribution >= 4 is 55.7 Å². The van der Waals surface area contributed by atoms with E-state index in [1.54, 1.807) is 24.3 Å². The van der Waals surface area contributed by atoms with Gasteiger partial charge in [-0.2, -0.15) is 5.10 Å². The Labute approximate surface area is 170 Å². The molecule has 28 heavy (non-hydrogen) atoms. The van der Waals surface area contributed by atoms with Gasteiger partial charge < -0.3 is 5.11 Å². The van der Waals surface area contributed by atoms with Crippen LogP contribution in [-0.4, -0.2) is 27.5 Å². The van der Waals surface area contributed by atoms with E-state index >= 15 is 0 Å². The topological polar surface area (TPSA) is 74.6 Å². The first-order chi connectivity index (χ1) is 13.6. The number of hydrogen-bond acceptors (Lipinski definition) is 6. The maximum absolute atomic E-state index is 12.2. The van der Waals surface area contributed by atoms with E-state index in [2.05, 4.69) is 15.5 Å². The summed E-state index contributed by atoms with van der Waals surface area (Å²) >= 11 is 2.95. The van der Waals surface area contributed by atoms with Gasteiger partial charge in [0.1, 0.15) is 5.75 Å². The monoisotopic (exact) mass is 407 g/mol. The Balaban J connectivity index is 1.45. The van der Waals surface area contributed by atoms with Crippen LogP contribution in [0.5, 0.6) is 5.75 Å². The van der Waals surface area contributed by atoms with E-state index in [1.807, 2.05) is 54.6 Å². The molecule has 0 saturated heterocycles. The summed E-state index contributed by atoms with van der Waals surface area (Å²) in [6, 6.07) is 19.1. The number of amides is 1. The normalized spacial score (nSPS) is 11.8. The number of aromatic hydroxyl groups is 1. The van der Waals surface area contributed by atoms with Crippen LogP contribution in [0.4, 0.5) is 0 Å². The molecule has 0 bridgehead atoms. The number of thiazole rings is 1.